The lowest BCUT2D eigenvalue weighted by atomic mass is 10.0. The largest absolute Gasteiger partial charge is 0.465 e. The highest BCUT2D eigenvalue weighted by molar-refractivity contribution is 6.29. The van der Waals surface area contributed by atoms with Gasteiger partial charge in [-0.1, -0.05) is 17.7 Å². The Labute approximate surface area is 134 Å². The summed E-state index contributed by atoms with van der Waals surface area (Å²) >= 11 is 5.58. The van der Waals surface area contributed by atoms with Crippen molar-refractivity contribution >= 4 is 17.7 Å². The number of aromatic nitrogens is 1. The molecule has 23 heavy (non-hydrogen) atoms. The third-order valence-electron chi connectivity index (χ3n) is 3.75. The molecule has 1 aliphatic heterocycles. The number of alkyl halides is 4. The lowest BCUT2D eigenvalue weighted by Crippen LogP contribution is -2.52. The molecule has 0 radical (unpaired) electrons. The van der Waals surface area contributed by atoms with Crippen LogP contribution in [0.15, 0.2) is 18.3 Å². The minimum atomic E-state index is -4.62. The van der Waals surface area contributed by atoms with E-state index in [9.17, 15) is 22.4 Å². The van der Waals surface area contributed by atoms with Gasteiger partial charge in [0, 0.05) is 19.3 Å². The van der Waals surface area contributed by atoms with E-state index in [0.29, 0.717) is 0 Å². The highest BCUT2D eigenvalue weighted by Crippen LogP contribution is 2.41. The summed E-state index contributed by atoms with van der Waals surface area (Å²) in [5.74, 6) is 0. The first-order valence-electron chi connectivity index (χ1n) is 6.66. The van der Waals surface area contributed by atoms with Gasteiger partial charge < -0.3 is 10.4 Å². The number of hydrogen-bond acceptors (Lipinski definition) is 3. The summed E-state index contributed by atoms with van der Waals surface area (Å²) in [7, 11) is 0. The summed E-state index contributed by atoms with van der Waals surface area (Å²) in [4.78, 5) is 15.4. The normalized spacial score (nSPS) is 23.7. The number of likely N-dealkylation sites (tertiary alicyclic amines) is 1. The van der Waals surface area contributed by atoms with Crippen LogP contribution in [0.5, 0.6) is 0 Å². The fourth-order valence-electron chi connectivity index (χ4n) is 2.75. The number of carbonyl (C=O) groups is 1. The predicted octanol–water partition coefficient (Wildman–Crippen LogP) is 3.02. The summed E-state index contributed by atoms with van der Waals surface area (Å²) < 4.78 is 53.6. The molecule has 0 spiro atoms. The number of nitrogens with one attached hydrogen (secondary N) is 1. The van der Waals surface area contributed by atoms with Crippen LogP contribution < -0.4 is 5.32 Å². The van der Waals surface area contributed by atoms with E-state index in [1.165, 1.54) is 12.1 Å². The molecule has 1 amide bonds. The molecule has 2 N–H and O–H groups in total. The molecule has 128 valence electrons. The fraction of sp³-hybridized carbons (Fsp3) is 0.538. The third-order valence-corrected chi connectivity index (χ3v) is 3.98. The van der Waals surface area contributed by atoms with Crippen molar-refractivity contribution < 1.29 is 27.5 Å². The lowest BCUT2D eigenvalue weighted by molar-refractivity contribution is -0.184. The Balaban J connectivity index is 2.28. The topological polar surface area (TPSA) is 65.5 Å². The van der Waals surface area contributed by atoms with Crippen LogP contribution in [0.3, 0.4) is 0 Å². The van der Waals surface area contributed by atoms with Gasteiger partial charge in [0.1, 0.15) is 17.9 Å². The van der Waals surface area contributed by atoms with Crippen LogP contribution in [0.1, 0.15) is 18.0 Å². The molecule has 1 aliphatic rings. The van der Waals surface area contributed by atoms with Crippen LogP contribution in [-0.4, -0.2) is 52.6 Å². The summed E-state index contributed by atoms with van der Waals surface area (Å²) in [6.45, 7) is -1.57. The van der Waals surface area contributed by atoms with Gasteiger partial charge in [0.2, 0.25) is 0 Å². The van der Waals surface area contributed by atoms with E-state index in [1.54, 1.807) is 0 Å². The van der Waals surface area contributed by atoms with Crippen molar-refractivity contribution in [1.29, 1.82) is 0 Å². The second-order valence-corrected chi connectivity index (χ2v) is 5.81. The van der Waals surface area contributed by atoms with Crippen LogP contribution in [0.4, 0.5) is 22.4 Å². The first-order valence-corrected chi connectivity index (χ1v) is 7.04. The molecule has 0 saturated carbocycles. The number of halogens is 5. The van der Waals surface area contributed by atoms with Gasteiger partial charge in [-0.2, -0.15) is 13.2 Å². The maximum Gasteiger partial charge on any atom is 0.408 e. The van der Waals surface area contributed by atoms with Gasteiger partial charge in [0.15, 0.2) is 0 Å². The molecule has 5 nitrogen and oxygen atoms in total. The van der Waals surface area contributed by atoms with Gasteiger partial charge in [-0.25, -0.2) is 14.2 Å². The van der Waals surface area contributed by atoms with Crippen molar-refractivity contribution in [1.82, 2.24) is 15.2 Å². The van der Waals surface area contributed by atoms with Crippen LogP contribution in [0.25, 0.3) is 0 Å². The molecule has 2 atom stereocenters. The molecular weight excluding hydrogens is 342 g/mol. The Hall–Kier alpha value is -1.61. The molecule has 1 aromatic rings. The third kappa shape index (κ3) is 4.03. The van der Waals surface area contributed by atoms with Gasteiger partial charge in [0.25, 0.3) is 0 Å². The summed E-state index contributed by atoms with van der Waals surface area (Å²) in [5, 5.41) is 10.8. The Morgan fingerprint density at radius 3 is 2.70 bits per heavy atom. The van der Waals surface area contributed by atoms with Crippen molar-refractivity contribution in [3.63, 3.8) is 0 Å². The van der Waals surface area contributed by atoms with Gasteiger partial charge in [-0.05, 0) is 18.1 Å². The van der Waals surface area contributed by atoms with Crippen molar-refractivity contribution in [3.8, 4) is 0 Å². The number of amides is 1. The Morgan fingerprint density at radius 1 is 1.52 bits per heavy atom. The lowest BCUT2D eigenvalue weighted by Gasteiger charge is -2.32. The number of rotatable bonds is 4. The summed E-state index contributed by atoms with van der Waals surface area (Å²) in [6.07, 6.45) is -5.13. The quantitative estimate of drug-likeness (QED) is 0.643. The first-order chi connectivity index (χ1) is 10.7. The highest BCUT2D eigenvalue weighted by Gasteiger charge is 2.50. The molecule has 1 unspecified atom stereocenters. The minimum absolute atomic E-state index is 0.0522. The number of hydrogen-bond donors (Lipinski definition) is 2. The summed E-state index contributed by atoms with van der Waals surface area (Å²) in [6, 6.07) is 0.438. The van der Waals surface area contributed by atoms with E-state index >= 15 is 0 Å². The molecule has 1 fully saturated rings. The Bertz CT molecular complexity index is 569. The molecule has 2 rings (SSSR count). The highest BCUT2D eigenvalue weighted by atomic mass is 35.5. The van der Waals surface area contributed by atoms with Gasteiger partial charge in [-0.3, -0.25) is 4.90 Å². The van der Waals surface area contributed by atoms with Crippen molar-refractivity contribution in [2.75, 3.05) is 19.8 Å². The SMILES string of the molecule is O=C(O)NC1(CF)CCN([C@H](c2ccc(Cl)nc2)C(F)(F)F)C1. The van der Waals surface area contributed by atoms with E-state index in [1.807, 2.05) is 5.32 Å². The van der Waals surface area contributed by atoms with Crippen molar-refractivity contribution in [3.05, 3.63) is 29.0 Å². The molecule has 0 bridgehead atoms. The number of carboxylic acid groups (broad SMARTS) is 1. The molecule has 0 aromatic carbocycles. The molecular formula is C13H14ClF4N3O2. The van der Waals surface area contributed by atoms with Crippen LogP contribution >= 0.6 is 11.6 Å². The Morgan fingerprint density at radius 2 is 2.22 bits per heavy atom. The standard InChI is InChI=1S/C13H14ClF4N3O2/c14-9-2-1-8(5-19-9)10(13(16,17)18)21-4-3-12(6-15,7-21)20-11(22)23/h1-2,5,10,20H,3-4,6-7H2,(H,22,23)/t10-,12?/m1/s1. The Kier molecular flexibility index (Phi) is 5.00. The number of nitrogens with zero attached hydrogens (tertiary/aromatic N) is 2. The van der Waals surface area contributed by atoms with Crippen LogP contribution in [0.2, 0.25) is 5.15 Å². The average Bonchev–Trinajstić information content (AvgIpc) is 2.83. The molecule has 1 saturated heterocycles. The van der Waals surface area contributed by atoms with E-state index < -0.39 is 30.5 Å². The second kappa shape index (κ2) is 6.48. The second-order valence-electron chi connectivity index (χ2n) is 5.42. The molecule has 0 aliphatic carbocycles. The minimum Gasteiger partial charge on any atom is -0.465 e. The van der Waals surface area contributed by atoms with Gasteiger partial charge in [-0.15, -0.1) is 0 Å². The average molecular weight is 356 g/mol. The predicted molar refractivity (Wildman–Crippen MR) is 74.1 cm³/mol. The monoisotopic (exact) mass is 355 g/mol. The smallest absolute Gasteiger partial charge is 0.408 e. The van der Waals surface area contributed by atoms with Crippen LogP contribution in [0, 0.1) is 0 Å². The van der Waals surface area contributed by atoms with Crippen molar-refractivity contribution in [2.45, 2.75) is 24.2 Å². The maximum absolute atomic E-state index is 13.4. The van der Waals surface area contributed by atoms with E-state index in [0.717, 1.165) is 11.1 Å². The fourth-order valence-corrected chi connectivity index (χ4v) is 2.86. The summed E-state index contributed by atoms with van der Waals surface area (Å²) in [5.41, 5.74) is -1.67. The van der Waals surface area contributed by atoms with Crippen LogP contribution in [-0.2, 0) is 0 Å². The van der Waals surface area contributed by atoms with E-state index in [-0.39, 0.29) is 30.2 Å². The van der Waals surface area contributed by atoms with Gasteiger partial charge in [0.05, 0.1) is 5.54 Å². The van der Waals surface area contributed by atoms with Crippen molar-refractivity contribution in [2.24, 2.45) is 0 Å². The molecule has 2 heterocycles. The number of pyridine rings is 1. The molecule has 10 heteroatoms. The van der Waals surface area contributed by atoms with E-state index in [2.05, 4.69) is 4.98 Å². The zero-order chi connectivity index (χ0) is 17.3. The molecule has 1 aromatic heterocycles. The zero-order valence-corrected chi connectivity index (χ0v) is 12.5. The first kappa shape index (κ1) is 17.7. The maximum atomic E-state index is 13.4. The van der Waals surface area contributed by atoms with E-state index in [4.69, 9.17) is 16.7 Å². The zero-order valence-electron chi connectivity index (χ0n) is 11.8. The van der Waals surface area contributed by atoms with Gasteiger partial charge >= 0.3 is 12.3 Å².